The minimum absolute atomic E-state index is 0.249. The van der Waals surface area contributed by atoms with Crippen LogP contribution >= 0.6 is 0 Å². The van der Waals surface area contributed by atoms with Crippen molar-refractivity contribution >= 4 is 11.9 Å². The maximum atomic E-state index is 12.2. The number of rotatable bonds is 4. The third-order valence-corrected chi connectivity index (χ3v) is 3.35. The highest BCUT2D eigenvalue weighted by Gasteiger charge is 2.54. The van der Waals surface area contributed by atoms with Crippen molar-refractivity contribution in [2.24, 2.45) is 5.41 Å². The molecule has 19 heavy (non-hydrogen) atoms. The summed E-state index contributed by atoms with van der Waals surface area (Å²) in [7, 11) is 0. The van der Waals surface area contributed by atoms with Crippen molar-refractivity contribution in [1.29, 1.82) is 0 Å². The standard InChI is InChI=1S/C15H18O4/c1-3-18-13(16)15(9-11(2)19-14(15)17)10-12-7-5-4-6-8-12/h4-8,11H,3,9-10H2,1-2H3. The van der Waals surface area contributed by atoms with Crippen LogP contribution in [0.25, 0.3) is 0 Å². The van der Waals surface area contributed by atoms with Crippen molar-refractivity contribution in [3.8, 4) is 0 Å². The number of cyclic esters (lactones) is 1. The van der Waals surface area contributed by atoms with Gasteiger partial charge in [0.2, 0.25) is 0 Å². The van der Waals surface area contributed by atoms with E-state index in [1.54, 1.807) is 13.8 Å². The molecule has 4 nitrogen and oxygen atoms in total. The van der Waals surface area contributed by atoms with Crippen LogP contribution in [0.1, 0.15) is 25.8 Å². The largest absolute Gasteiger partial charge is 0.465 e. The number of carbonyl (C=O) groups excluding carboxylic acids is 2. The van der Waals surface area contributed by atoms with Gasteiger partial charge >= 0.3 is 11.9 Å². The van der Waals surface area contributed by atoms with Crippen LogP contribution in [0.3, 0.4) is 0 Å². The van der Waals surface area contributed by atoms with Gasteiger partial charge in [0.25, 0.3) is 0 Å². The fourth-order valence-corrected chi connectivity index (χ4v) is 2.51. The van der Waals surface area contributed by atoms with Crippen LogP contribution in [0.15, 0.2) is 30.3 Å². The van der Waals surface area contributed by atoms with E-state index in [0.29, 0.717) is 12.8 Å². The topological polar surface area (TPSA) is 52.6 Å². The number of benzene rings is 1. The lowest BCUT2D eigenvalue weighted by Gasteiger charge is -2.22. The molecule has 0 aliphatic carbocycles. The van der Waals surface area contributed by atoms with Gasteiger partial charge in [-0.25, -0.2) is 0 Å². The van der Waals surface area contributed by atoms with Crippen LogP contribution < -0.4 is 0 Å². The maximum absolute atomic E-state index is 12.2. The summed E-state index contributed by atoms with van der Waals surface area (Å²) < 4.78 is 10.3. The van der Waals surface area contributed by atoms with Crippen LogP contribution in [0.5, 0.6) is 0 Å². The lowest BCUT2D eigenvalue weighted by molar-refractivity contribution is -0.164. The first kappa shape index (κ1) is 13.6. The number of hydrogen-bond acceptors (Lipinski definition) is 4. The summed E-state index contributed by atoms with van der Waals surface area (Å²) in [5.41, 5.74) is -0.252. The smallest absolute Gasteiger partial charge is 0.324 e. The molecule has 0 N–H and O–H groups in total. The molecular weight excluding hydrogens is 244 g/mol. The normalized spacial score (nSPS) is 26.0. The molecule has 1 heterocycles. The Morgan fingerprint density at radius 3 is 2.63 bits per heavy atom. The zero-order chi connectivity index (χ0) is 13.9. The van der Waals surface area contributed by atoms with Crippen LogP contribution in [-0.4, -0.2) is 24.6 Å². The Hall–Kier alpha value is -1.84. The van der Waals surface area contributed by atoms with Gasteiger partial charge in [0.15, 0.2) is 5.41 Å². The average molecular weight is 262 g/mol. The molecule has 0 spiro atoms. The van der Waals surface area contributed by atoms with Gasteiger partial charge in [-0.3, -0.25) is 9.59 Å². The molecule has 2 atom stereocenters. The van der Waals surface area contributed by atoms with Gasteiger partial charge in [-0.2, -0.15) is 0 Å². The highest BCUT2D eigenvalue weighted by Crippen LogP contribution is 2.38. The molecule has 4 heteroatoms. The van der Waals surface area contributed by atoms with Gasteiger partial charge in [0.1, 0.15) is 6.10 Å². The van der Waals surface area contributed by atoms with E-state index in [1.807, 2.05) is 30.3 Å². The molecule has 0 radical (unpaired) electrons. The quantitative estimate of drug-likeness (QED) is 0.616. The highest BCUT2D eigenvalue weighted by molar-refractivity contribution is 6.01. The summed E-state index contributed by atoms with van der Waals surface area (Å²) >= 11 is 0. The summed E-state index contributed by atoms with van der Waals surface area (Å²) in [6, 6.07) is 9.47. The van der Waals surface area contributed by atoms with Gasteiger partial charge < -0.3 is 9.47 Å². The number of ether oxygens (including phenoxy) is 2. The molecule has 1 fully saturated rings. The van der Waals surface area contributed by atoms with E-state index in [-0.39, 0.29) is 12.7 Å². The Morgan fingerprint density at radius 1 is 1.42 bits per heavy atom. The second kappa shape index (κ2) is 5.43. The Labute approximate surface area is 112 Å². The highest BCUT2D eigenvalue weighted by atomic mass is 16.6. The lowest BCUT2D eigenvalue weighted by atomic mass is 9.79. The van der Waals surface area contributed by atoms with E-state index in [1.165, 1.54) is 0 Å². The van der Waals surface area contributed by atoms with Crippen molar-refractivity contribution in [3.05, 3.63) is 35.9 Å². The fourth-order valence-electron chi connectivity index (χ4n) is 2.51. The second-order valence-corrected chi connectivity index (χ2v) is 4.89. The summed E-state index contributed by atoms with van der Waals surface area (Å²) in [6.45, 7) is 3.79. The van der Waals surface area contributed by atoms with Crippen molar-refractivity contribution < 1.29 is 19.1 Å². The second-order valence-electron chi connectivity index (χ2n) is 4.89. The number of esters is 2. The maximum Gasteiger partial charge on any atom is 0.324 e. The fraction of sp³-hybridized carbons (Fsp3) is 0.467. The third-order valence-electron chi connectivity index (χ3n) is 3.35. The Kier molecular flexibility index (Phi) is 3.88. The Bertz CT molecular complexity index is 468. The van der Waals surface area contributed by atoms with Crippen molar-refractivity contribution in [3.63, 3.8) is 0 Å². The Balaban J connectivity index is 2.30. The van der Waals surface area contributed by atoms with Crippen LogP contribution in [-0.2, 0) is 25.5 Å². The van der Waals surface area contributed by atoms with E-state index < -0.39 is 17.4 Å². The molecule has 2 unspecified atom stereocenters. The first-order chi connectivity index (χ1) is 9.08. The zero-order valence-corrected chi connectivity index (χ0v) is 11.2. The van der Waals surface area contributed by atoms with E-state index in [0.717, 1.165) is 5.56 Å². The monoisotopic (exact) mass is 262 g/mol. The van der Waals surface area contributed by atoms with Gasteiger partial charge in [-0.15, -0.1) is 0 Å². The predicted octanol–water partition coefficient (Wildman–Crippen LogP) is 2.11. The molecule has 0 amide bonds. The van der Waals surface area contributed by atoms with E-state index >= 15 is 0 Å². The third kappa shape index (κ3) is 2.62. The SMILES string of the molecule is CCOC(=O)C1(Cc2ccccc2)CC(C)OC1=O. The minimum Gasteiger partial charge on any atom is -0.465 e. The van der Waals surface area contributed by atoms with E-state index in [2.05, 4.69) is 0 Å². The van der Waals surface area contributed by atoms with E-state index in [4.69, 9.17) is 9.47 Å². The predicted molar refractivity (Wildman–Crippen MR) is 69.4 cm³/mol. The first-order valence-corrected chi connectivity index (χ1v) is 6.50. The molecule has 0 aromatic heterocycles. The average Bonchev–Trinajstić information content (AvgIpc) is 2.66. The molecular formula is C15H18O4. The van der Waals surface area contributed by atoms with Gasteiger partial charge in [-0.1, -0.05) is 30.3 Å². The molecule has 2 rings (SSSR count). The molecule has 0 saturated carbocycles. The zero-order valence-electron chi connectivity index (χ0n) is 11.2. The van der Waals surface area contributed by atoms with E-state index in [9.17, 15) is 9.59 Å². The minimum atomic E-state index is -1.18. The number of hydrogen-bond donors (Lipinski definition) is 0. The number of carbonyl (C=O) groups is 2. The summed E-state index contributed by atoms with van der Waals surface area (Å²) in [5.74, 6) is -0.949. The van der Waals surface area contributed by atoms with Gasteiger partial charge in [-0.05, 0) is 25.8 Å². The summed E-state index contributed by atoms with van der Waals surface area (Å²) in [4.78, 5) is 24.3. The van der Waals surface area contributed by atoms with Crippen LogP contribution in [0.4, 0.5) is 0 Å². The van der Waals surface area contributed by atoms with Crippen LogP contribution in [0.2, 0.25) is 0 Å². The molecule has 1 aliphatic heterocycles. The molecule has 1 aliphatic rings. The molecule has 102 valence electrons. The van der Waals surface area contributed by atoms with Gasteiger partial charge in [0, 0.05) is 6.42 Å². The molecule has 0 bridgehead atoms. The van der Waals surface area contributed by atoms with Crippen LogP contribution in [0, 0.1) is 5.41 Å². The van der Waals surface area contributed by atoms with Crippen molar-refractivity contribution in [1.82, 2.24) is 0 Å². The molecule has 1 aromatic rings. The summed E-state index contributed by atoms with van der Waals surface area (Å²) in [5, 5.41) is 0. The summed E-state index contributed by atoms with van der Waals surface area (Å²) in [6.07, 6.45) is 0.454. The Morgan fingerprint density at radius 2 is 2.11 bits per heavy atom. The molecule has 1 saturated heterocycles. The molecule has 1 aromatic carbocycles. The van der Waals surface area contributed by atoms with Crippen molar-refractivity contribution in [2.45, 2.75) is 32.8 Å². The first-order valence-electron chi connectivity index (χ1n) is 6.50. The van der Waals surface area contributed by atoms with Crippen molar-refractivity contribution in [2.75, 3.05) is 6.61 Å². The lowest BCUT2D eigenvalue weighted by Crippen LogP contribution is -2.39. The van der Waals surface area contributed by atoms with Gasteiger partial charge in [0.05, 0.1) is 6.61 Å².